The summed E-state index contributed by atoms with van der Waals surface area (Å²) in [4.78, 5) is 0.00164. The SMILES string of the molecule is FC1=CC(Cl)(I)C(Br)C=C1. The van der Waals surface area contributed by atoms with Crippen molar-refractivity contribution in [2.24, 2.45) is 0 Å². The van der Waals surface area contributed by atoms with Gasteiger partial charge in [-0.1, -0.05) is 44.6 Å². The highest BCUT2D eigenvalue weighted by molar-refractivity contribution is 14.1. The summed E-state index contributed by atoms with van der Waals surface area (Å²) < 4.78 is 11.9. The number of hydrogen-bond donors (Lipinski definition) is 0. The number of rotatable bonds is 0. The number of halogens is 4. The van der Waals surface area contributed by atoms with Crippen LogP contribution in [0, 0.1) is 0 Å². The van der Waals surface area contributed by atoms with Gasteiger partial charge in [-0.05, 0) is 12.2 Å². The van der Waals surface area contributed by atoms with Gasteiger partial charge in [0.15, 0.2) is 0 Å². The fourth-order valence-electron chi connectivity index (χ4n) is 0.616. The Kier molecular flexibility index (Phi) is 2.80. The molecule has 1 aliphatic carbocycles. The quantitative estimate of drug-likeness (QED) is 0.468. The summed E-state index contributed by atoms with van der Waals surface area (Å²) in [5.41, 5.74) is 0. The average Bonchev–Trinajstić information content (AvgIpc) is 1.78. The van der Waals surface area contributed by atoms with E-state index in [1.807, 2.05) is 22.6 Å². The molecule has 0 bridgehead atoms. The van der Waals surface area contributed by atoms with Crippen molar-refractivity contribution in [1.29, 1.82) is 0 Å². The van der Waals surface area contributed by atoms with Crippen LogP contribution < -0.4 is 0 Å². The Morgan fingerprint density at radius 3 is 2.80 bits per heavy atom. The second-order valence-electron chi connectivity index (χ2n) is 1.96. The van der Waals surface area contributed by atoms with Gasteiger partial charge < -0.3 is 0 Å². The minimum Gasteiger partial charge on any atom is -0.207 e. The van der Waals surface area contributed by atoms with Crippen molar-refractivity contribution in [1.82, 2.24) is 0 Å². The van der Waals surface area contributed by atoms with Crippen LogP contribution >= 0.6 is 50.1 Å². The Morgan fingerprint density at radius 1 is 1.80 bits per heavy atom. The van der Waals surface area contributed by atoms with Gasteiger partial charge in [0, 0.05) is 0 Å². The minimum absolute atomic E-state index is 0.00164. The summed E-state index contributed by atoms with van der Waals surface area (Å²) in [7, 11) is 0. The van der Waals surface area contributed by atoms with Gasteiger partial charge in [-0.15, -0.1) is 11.6 Å². The number of allylic oxidation sites excluding steroid dienone is 4. The summed E-state index contributed by atoms with van der Waals surface area (Å²) in [5, 5.41) is 0. The van der Waals surface area contributed by atoms with Gasteiger partial charge in [0.2, 0.25) is 0 Å². The lowest BCUT2D eigenvalue weighted by Crippen LogP contribution is -2.22. The zero-order valence-corrected chi connectivity index (χ0v) is 9.32. The molecule has 0 saturated carbocycles. The Balaban J connectivity index is 2.88. The van der Waals surface area contributed by atoms with Crippen LogP contribution in [0.3, 0.4) is 0 Å². The van der Waals surface area contributed by atoms with Crippen LogP contribution in [0.4, 0.5) is 4.39 Å². The first-order valence-electron chi connectivity index (χ1n) is 2.61. The summed E-state index contributed by atoms with van der Waals surface area (Å²) in [6, 6.07) is 0. The Bertz CT molecular complexity index is 200. The van der Waals surface area contributed by atoms with Gasteiger partial charge in [-0.3, -0.25) is 0 Å². The van der Waals surface area contributed by atoms with Crippen molar-refractivity contribution >= 4 is 50.1 Å². The second-order valence-corrected chi connectivity index (χ2v) is 6.00. The first-order valence-corrected chi connectivity index (χ1v) is 4.98. The molecule has 4 heteroatoms. The van der Waals surface area contributed by atoms with Crippen LogP contribution in [-0.2, 0) is 0 Å². The molecule has 10 heavy (non-hydrogen) atoms. The average molecular weight is 337 g/mol. The molecule has 0 aromatic rings. The summed E-state index contributed by atoms with van der Waals surface area (Å²) in [5.74, 6) is -0.278. The molecule has 56 valence electrons. The highest BCUT2D eigenvalue weighted by atomic mass is 127. The van der Waals surface area contributed by atoms with E-state index in [-0.39, 0.29) is 10.7 Å². The zero-order chi connectivity index (χ0) is 7.78. The summed E-state index contributed by atoms with van der Waals surface area (Å²) in [6.45, 7) is 0. The van der Waals surface area contributed by atoms with E-state index in [0.29, 0.717) is 0 Å². The largest absolute Gasteiger partial charge is 0.207 e. The molecular formula is C6H4BrClFI. The first kappa shape index (κ1) is 9.00. The molecule has 0 fully saturated rings. The molecule has 0 N–H and O–H groups in total. The number of alkyl halides is 3. The van der Waals surface area contributed by atoms with Crippen molar-refractivity contribution in [3.63, 3.8) is 0 Å². The predicted octanol–water partition coefficient (Wildman–Crippen LogP) is 3.54. The molecule has 0 saturated heterocycles. The van der Waals surface area contributed by atoms with Crippen LogP contribution in [0.5, 0.6) is 0 Å². The van der Waals surface area contributed by atoms with Crippen LogP contribution in [0.1, 0.15) is 0 Å². The molecule has 0 aromatic carbocycles. The third kappa shape index (κ3) is 1.95. The fraction of sp³-hybridized carbons (Fsp3) is 0.333. The molecule has 2 atom stereocenters. The lowest BCUT2D eigenvalue weighted by Gasteiger charge is -2.22. The third-order valence-corrected chi connectivity index (χ3v) is 4.60. The minimum atomic E-state index is -0.656. The van der Waals surface area contributed by atoms with Crippen LogP contribution in [0.2, 0.25) is 0 Å². The molecule has 1 aliphatic rings. The van der Waals surface area contributed by atoms with E-state index < -0.39 is 2.88 Å². The molecule has 2 unspecified atom stereocenters. The lowest BCUT2D eigenvalue weighted by molar-refractivity contribution is 0.653. The molecular weight excluding hydrogens is 333 g/mol. The van der Waals surface area contributed by atoms with Gasteiger partial charge in [-0.25, -0.2) is 4.39 Å². The monoisotopic (exact) mass is 336 g/mol. The van der Waals surface area contributed by atoms with E-state index in [1.54, 1.807) is 6.08 Å². The molecule has 0 spiro atoms. The lowest BCUT2D eigenvalue weighted by atomic mass is 10.2. The first-order chi connectivity index (χ1) is 4.52. The van der Waals surface area contributed by atoms with E-state index in [1.165, 1.54) is 12.2 Å². The molecule has 0 amide bonds. The van der Waals surface area contributed by atoms with Crippen LogP contribution in [0.25, 0.3) is 0 Å². The fourth-order valence-corrected chi connectivity index (χ4v) is 1.58. The standard InChI is InChI=1S/C6H4BrClFI/c7-5-2-1-4(9)3-6(5,8)10/h1-3,5H. The highest BCUT2D eigenvalue weighted by Gasteiger charge is 2.31. The molecule has 0 radical (unpaired) electrons. The zero-order valence-electron chi connectivity index (χ0n) is 4.82. The number of hydrogen-bond acceptors (Lipinski definition) is 0. The van der Waals surface area contributed by atoms with E-state index in [4.69, 9.17) is 11.6 Å². The Labute approximate surface area is 85.8 Å². The molecule has 0 aromatic heterocycles. The van der Waals surface area contributed by atoms with Crippen LogP contribution in [0.15, 0.2) is 24.1 Å². The molecule has 0 aliphatic heterocycles. The highest BCUT2D eigenvalue weighted by Crippen LogP contribution is 2.39. The second kappa shape index (κ2) is 3.11. The molecule has 1 rings (SSSR count). The Morgan fingerprint density at radius 2 is 2.40 bits per heavy atom. The normalized spacial score (nSPS) is 39.6. The van der Waals surface area contributed by atoms with E-state index in [0.717, 1.165) is 0 Å². The maximum Gasteiger partial charge on any atom is 0.133 e. The maximum atomic E-state index is 12.5. The van der Waals surface area contributed by atoms with Crippen molar-refractivity contribution < 1.29 is 4.39 Å². The van der Waals surface area contributed by atoms with Gasteiger partial charge in [0.1, 0.15) is 8.71 Å². The van der Waals surface area contributed by atoms with E-state index >= 15 is 0 Å². The smallest absolute Gasteiger partial charge is 0.133 e. The summed E-state index contributed by atoms with van der Waals surface area (Å²) in [6.07, 6.45) is 4.47. The Hall–Kier alpha value is 0.910. The van der Waals surface area contributed by atoms with Crippen LogP contribution in [-0.4, -0.2) is 7.71 Å². The van der Waals surface area contributed by atoms with Gasteiger partial charge in [-0.2, -0.15) is 0 Å². The summed E-state index contributed by atoms with van der Waals surface area (Å²) >= 11 is 11.2. The topological polar surface area (TPSA) is 0 Å². The van der Waals surface area contributed by atoms with Crippen molar-refractivity contribution in [3.05, 3.63) is 24.1 Å². The predicted molar refractivity (Wildman–Crippen MR) is 53.7 cm³/mol. The van der Waals surface area contributed by atoms with Gasteiger partial charge in [0.25, 0.3) is 0 Å². The molecule has 0 nitrogen and oxygen atoms in total. The molecule has 0 heterocycles. The van der Waals surface area contributed by atoms with E-state index in [9.17, 15) is 4.39 Å². The maximum absolute atomic E-state index is 12.5. The van der Waals surface area contributed by atoms with Crippen molar-refractivity contribution in [3.8, 4) is 0 Å². The van der Waals surface area contributed by atoms with Crippen molar-refractivity contribution in [2.75, 3.05) is 0 Å². The van der Waals surface area contributed by atoms with Crippen molar-refractivity contribution in [2.45, 2.75) is 7.71 Å². The van der Waals surface area contributed by atoms with Gasteiger partial charge >= 0.3 is 0 Å². The third-order valence-electron chi connectivity index (χ3n) is 1.12. The van der Waals surface area contributed by atoms with Gasteiger partial charge in [0.05, 0.1) is 4.83 Å². The van der Waals surface area contributed by atoms with E-state index in [2.05, 4.69) is 15.9 Å².